The summed E-state index contributed by atoms with van der Waals surface area (Å²) in [5, 5.41) is 5.45. The van der Waals surface area contributed by atoms with Crippen LogP contribution in [0.4, 0.5) is 4.79 Å². The molecular formula is C16H19N3O2. The molecule has 1 aromatic carbocycles. The summed E-state index contributed by atoms with van der Waals surface area (Å²) in [6.07, 6.45) is 1.77. The van der Waals surface area contributed by atoms with E-state index in [0.29, 0.717) is 19.6 Å². The number of rotatable bonds is 5. The maximum absolute atomic E-state index is 11.6. The molecule has 21 heavy (non-hydrogen) atoms. The minimum atomic E-state index is -0.169. The van der Waals surface area contributed by atoms with Crippen LogP contribution < -0.4 is 16.2 Å². The Bertz CT molecular complexity index is 647. The Kier molecular flexibility index (Phi) is 5.15. The third-order valence-electron chi connectivity index (χ3n) is 3.07. The van der Waals surface area contributed by atoms with Gasteiger partial charge < -0.3 is 15.2 Å². The van der Waals surface area contributed by atoms with E-state index >= 15 is 0 Å². The van der Waals surface area contributed by atoms with Crippen molar-refractivity contribution in [3.63, 3.8) is 0 Å². The Hall–Kier alpha value is -2.56. The van der Waals surface area contributed by atoms with Crippen molar-refractivity contribution in [2.75, 3.05) is 6.54 Å². The van der Waals surface area contributed by atoms with Crippen LogP contribution in [0.2, 0.25) is 0 Å². The highest BCUT2D eigenvalue weighted by Gasteiger charge is 2.00. The molecule has 110 valence electrons. The van der Waals surface area contributed by atoms with E-state index in [1.807, 2.05) is 37.3 Å². The highest BCUT2D eigenvalue weighted by Crippen LogP contribution is 2.05. The summed E-state index contributed by atoms with van der Waals surface area (Å²) in [5.41, 5.74) is 2.05. The summed E-state index contributed by atoms with van der Waals surface area (Å²) >= 11 is 0. The number of nitrogens with one attached hydrogen (secondary N) is 2. The van der Waals surface area contributed by atoms with Crippen molar-refractivity contribution in [2.24, 2.45) is 0 Å². The van der Waals surface area contributed by atoms with Crippen molar-refractivity contribution in [1.82, 2.24) is 15.2 Å². The lowest BCUT2D eigenvalue weighted by Gasteiger charge is -2.08. The number of hydrogen-bond donors (Lipinski definition) is 2. The van der Waals surface area contributed by atoms with Gasteiger partial charge in [0.15, 0.2) is 0 Å². The number of pyridine rings is 1. The second-order valence-electron chi connectivity index (χ2n) is 4.70. The van der Waals surface area contributed by atoms with Crippen LogP contribution in [0.1, 0.15) is 18.1 Å². The molecule has 2 N–H and O–H groups in total. The Morgan fingerprint density at radius 3 is 2.43 bits per heavy atom. The van der Waals surface area contributed by atoms with Crippen molar-refractivity contribution >= 4 is 6.03 Å². The van der Waals surface area contributed by atoms with Crippen LogP contribution in [0.15, 0.2) is 53.5 Å². The van der Waals surface area contributed by atoms with Crippen molar-refractivity contribution in [3.05, 3.63) is 70.1 Å². The van der Waals surface area contributed by atoms with Gasteiger partial charge in [-0.25, -0.2) is 4.79 Å². The predicted octanol–water partition coefficient (Wildman–Crippen LogP) is 1.72. The average Bonchev–Trinajstić information content (AvgIpc) is 2.49. The molecule has 0 fully saturated rings. The highest BCUT2D eigenvalue weighted by atomic mass is 16.2. The molecule has 0 saturated carbocycles. The lowest BCUT2D eigenvalue weighted by atomic mass is 10.1. The first-order valence-electron chi connectivity index (χ1n) is 6.94. The first kappa shape index (κ1) is 14.8. The van der Waals surface area contributed by atoms with E-state index < -0.39 is 0 Å². The van der Waals surface area contributed by atoms with Crippen molar-refractivity contribution in [1.29, 1.82) is 0 Å². The molecule has 0 bridgehead atoms. The van der Waals surface area contributed by atoms with Crippen LogP contribution in [0, 0.1) is 0 Å². The van der Waals surface area contributed by atoms with E-state index in [1.165, 1.54) is 0 Å². The van der Waals surface area contributed by atoms with E-state index in [4.69, 9.17) is 0 Å². The van der Waals surface area contributed by atoms with E-state index in [0.717, 1.165) is 11.1 Å². The zero-order valence-electron chi connectivity index (χ0n) is 12.0. The van der Waals surface area contributed by atoms with Gasteiger partial charge in [-0.3, -0.25) is 4.79 Å². The summed E-state index contributed by atoms with van der Waals surface area (Å²) in [6, 6.07) is 12.8. The topological polar surface area (TPSA) is 63.1 Å². The zero-order chi connectivity index (χ0) is 15.1. The molecule has 0 spiro atoms. The average molecular weight is 285 g/mol. The molecule has 0 radical (unpaired) electrons. The standard InChI is InChI=1S/C16H19N3O2/c1-2-17-16(21)18-11-13-6-8-14(9-7-13)12-19-10-4-3-5-15(19)20/h3-10H,2,11-12H2,1H3,(H2,17,18,21). The third kappa shape index (κ3) is 4.49. The number of nitrogens with zero attached hydrogens (tertiary/aromatic N) is 1. The number of aromatic nitrogens is 1. The predicted molar refractivity (Wildman–Crippen MR) is 82.2 cm³/mol. The van der Waals surface area contributed by atoms with E-state index in [1.54, 1.807) is 22.9 Å². The summed E-state index contributed by atoms with van der Waals surface area (Å²) in [4.78, 5) is 22.9. The second kappa shape index (κ2) is 7.28. The van der Waals surface area contributed by atoms with Gasteiger partial charge >= 0.3 is 6.03 Å². The lowest BCUT2D eigenvalue weighted by molar-refractivity contribution is 0.241. The maximum atomic E-state index is 11.6. The molecule has 0 saturated heterocycles. The molecular weight excluding hydrogens is 266 g/mol. The number of benzene rings is 1. The van der Waals surface area contributed by atoms with Crippen LogP contribution in [0.5, 0.6) is 0 Å². The summed E-state index contributed by atoms with van der Waals surface area (Å²) in [6.45, 7) is 3.51. The molecule has 1 heterocycles. The molecule has 0 aliphatic heterocycles. The van der Waals surface area contributed by atoms with Crippen LogP contribution in [0.25, 0.3) is 0 Å². The SMILES string of the molecule is CCNC(=O)NCc1ccc(Cn2ccccc2=O)cc1. The fraction of sp³-hybridized carbons (Fsp3) is 0.250. The van der Waals surface area contributed by atoms with Crippen molar-refractivity contribution in [3.8, 4) is 0 Å². The summed E-state index contributed by atoms with van der Waals surface area (Å²) in [5.74, 6) is 0. The van der Waals surface area contributed by atoms with Gasteiger partial charge in [-0.2, -0.15) is 0 Å². The van der Waals surface area contributed by atoms with Gasteiger partial charge in [0.1, 0.15) is 0 Å². The Balaban J connectivity index is 1.95. The monoisotopic (exact) mass is 285 g/mol. The second-order valence-corrected chi connectivity index (χ2v) is 4.70. The van der Waals surface area contributed by atoms with Gasteiger partial charge in [0.05, 0.1) is 6.54 Å². The number of hydrogen-bond acceptors (Lipinski definition) is 2. The zero-order valence-corrected chi connectivity index (χ0v) is 12.0. The Labute approximate surface area is 123 Å². The van der Waals surface area contributed by atoms with Crippen LogP contribution in [-0.4, -0.2) is 17.1 Å². The van der Waals surface area contributed by atoms with E-state index in [2.05, 4.69) is 10.6 Å². The van der Waals surface area contributed by atoms with E-state index in [9.17, 15) is 9.59 Å². The molecule has 2 amide bonds. The number of carbonyl (C=O) groups excluding carboxylic acids is 1. The quantitative estimate of drug-likeness (QED) is 0.878. The van der Waals surface area contributed by atoms with Gasteiger partial charge in [0.2, 0.25) is 0 Å². The highest BCUT2D eigenvalue weighted by molar-refractivity contribution is 5.73. The molecule has 0 atom stereocenters. The molecule has 5 nitrogen and oxygen atoms in total. The van der Waals surface area contributed by atoms with Crippen LogP contribution in [-0.2, 0) is 13.1 Å². The lowest BCUT2D eigenvalue weighted by Crippen LogP contribution is -2.34. The maximum Gasteiger partial charge on any atom is 0.315 e. The fourth-order valence-electron chi connectivity index (χ4n) is 1.96. The minimum absolute atomic E-state index is 0.0144. The fourth-order valence-corrected chi connectivity index (χ4v) is 1.96. The molecule has 0 aliphatic carbocycles. The normalized spacial score (nSPS) is 10.1. The number of urea groups is 1. The van der Waals surface area contributed by atoms with Crippen molar-refractivity contribution in [2.45, 2.75) is 20.0 Å². The molecule has 5 heteroatoms. The molecule has 0 aliphatic rings. The number of carbonyl (C=O) groups is 1. The van der Waals surface area contributed by atoms with Gasteiger partial charge in [0, 0.05) is 25.4 Å². The van der Waals surface area contributed by atoms with E-state index in [-0.39, 0.29) is 11.6 Å². The summed E-state index contributed by atoms with van der Waals surface area (Å²) in [7, 11) is 0. The molecule has 2 rings (SSSR count). The minimum Gasteiger partial charge on any atom is -0.338 e. The van der Waals surface area contributed by atoms with Gasteiger partial charge in [0.25, 0.3) is 5.56 Å². The van der Waals surface area contributed by atoms with Crippen LogP contribution >= 0.6 is 0 Å². The van der Waals surface area contributed by atoms with Gasteiger partial charge in [-0.15, -0.1) is 0 Å². The third-order valence-corrected chi connectivity index (χ3v) is 3.07. The van der Waals surface area contributed by atoms with Crippen molar-refractivity contribution < 1.29 is 4.79 Å². The Morgan fingerprint density at radius 2 is 1.76 bits per heavy atom. The molecule has 2 aromatic rings. The first-order valence-corrected chi connectivity index (χ1v) is 6.94. The first-order chi connectivity index (χ1) is 10.2. The summed E-state index contributed by atoms with van der Waals surface area (Å²) < 4.78 is 1.65. The molecule has 0 unspecified atom stereocenters. The number of amides is 2. The van der Waals surface area contributed by atoms with Gasteiger partial charge in [-0.1, -0.05) is 30.3 Å². The smallest absolute Gasteiger partial charge is 0.315 e. The van der Waals surface area contributed by atoms with Gasteiger partial charge in [-0.05, 0) is 24.1 Å². The Morgan fingerprint density at radius 1 is 1.05 bits per heavy atom. The largest absolute Gasteiger partial charge is 0.338 e. The molecule has 1 aromatic heterocycles. The van der Waals surface area contributed by atoms with Crippen LogP contribution in [0.3, 0.4) is 0 Å².